The van der Waals surface area contributed by atoms with Crippen LogP contribution in [-0.4, -0.2) is 52.9 Å². The zero-order chi connectivity index (χ0) is 15.3. The van der Waals surface area contributed by atoms with Gasteiger partial charge < -0.3 is 20.5 Å². The second-order valence-corrected chi connectivity index (χ2v) is 5.56. The Kier molecular flexibility index (Phi) is 9.94. The molecule has 1 rings (SSSR count). The lowest BCUT2D eigenvalue weighted by atomic mass is 10.4. The summed E-state index contributed by atoms with van der Waals surface area (Å²) in [5, 5.41) is 15.2. The molecule has 0 bridgehead atoms. The molecule has 1 heterocycles. The van der Waals surface area contributed by atoms with E-state index in [-0.39, 0.29) is 6.61 Å². The van der Waals surface area contributed by atoms with Crippen molar-refractivity contribution in [2.45, 2.75) is 26.9 Å². The van der Waals surface area contributed by atoms with Gasteiger partial charge >= 0.3 is 0 Å². The first kappa shape index (κ1) is 18.0. The molecule has 7 heteroatoms. The maximum absolute atomic E-state index is 8.72. The zero-order valence-electron chi connectivity index (χ0n) is 12.9. The molecule has 3 N–H and O–H groups in total. The fraction of sp³-hybridized carbons (Fsp3) is 0.714. The Balaban J connectivity index is 2.48. The molecule has 0 atom stereocenters. The number of nitrogens with one attached hydrogen (secondary N) is 2. The smallest absolute Gasteiger partial charge is 0.158 e. The van der Waals surface area contributed by atoms with Crippen molar-refractivity contribution in [3.8, 4) is 0 Å². The van der Waals surface area contributed by atoms with Gasteiger partial charge in [-0.15, -0.1) is 0 Å². The highest BCUT2D eigenvalue weighted by Gasteiger charge is 2.04. The average molecular weight is 314 g/mol. The van der Waals surface area contributed by atoms with Gasteiger partial charge in [0.25, 0.3) is 0 Å². The van der Waals surface area contributed by atoms with Gasteiger partial charge in [-0.05, 0) is 26.0 Å². The number of rotatable bonds is 12. The fourth-order valence-corrected chi connectivity index (χ4v) is 2.42. The number of nitrogens with zero attached hydrogens (tertiary/aromatic N) is 2. The molecule has 0 amide bonds. The second kappa shape index (κ2) is 11.6. The highest BCUT2D eigenvalue weighted by molar-refractivity contribution is 7.99. The molecule has 0 aromatic carbocycles. The molecule has 0 saturated carbocycles. The van der Waals surface area contributed by atoms with Crippen LogP contribution in [-0.2, 0) is 11.3 Å². The molecule has 0 saturated heterocycles. The van der Waals surface area contributed by atoms with E-state index >= 15 is 0 Å². The van der Waals surface area contributed by atoms with Gasteiger partial charge in [0.05, 0.1) is 0 Å². The Morgan fingerprint density at radius 1 is 1.19 bits per heavy atom. The first-order valence-electron chi connectivity index (χ1n) is 7.42. The normalized spacial score (nSPS) is 10.6. The summed E-state index contributed by atoms with van der Waals surface area (Å²) in [6, 6.07) is 1.91. The number of anilines is 2. The molecule has 0 aliphatic rings. The summed E-state index contributed by atoms with van der Waals surface area (Å²) in [5.74, 6) is 4.29. The lowest BCUT2D eigenvalue weighted by molar-refractivity contribution is 0.128. The third kappa shape index (κ3) is 8.08. The molecular formula is C14H26N4O2S. The van der Waals surface area contributed by atoms with E-state index in [1.165, 1.54) is 0 Å². The highest BCUT2D eigenvalue weighted by atomic mass is 32.2. The van der Waals surface area contributed by atoms with Crippen LogP contribution in [0.4, 0.5) is 11.6 Å². The topological polar surface area (TPSA) is 79.3 Å². The number of hydrogen-bond donors (Lipinski definition) is 3. The van der Waals surface area contributed by atoms with Gasteiger partial charge in [-0.3, -0.25) is 0 Å². The van der Waals surface area contributed by atoms with Crippen molar-refractivity contribution >= 4 is 23.4 Å². The van der Waals surface area contributed by atoms with Crippen LogP contribution in [0.1, 0.15) is 26.1 Å². The number of hydrogen-bond acceptors (Lipinski definition) is 7. The van der Waals surface area contributed by atoms with Crippen LogP contribution in [0, 0.1) is 0 Å². The Hall–Kier alpha value is -1.05. The maximum atomic E-state index is 8.72. The second-order valence-electron chi connectivity index (χ2n) is 4.34. The number of thioether (sulfide) groups is 1. The van der Waals surface area contributed by atoms with Gasteiger partial charge in [-0.1, -0.05) is 0 Å². The predicted octanol–water partition coefficient (Wildman–Crippen LogP) is 1.97. The third-order valence-corrected chi connectivity index (χ3v) is 3.64. The molecule has 6 nitrogen and oxygen atoms in total. The van der Waals surface area contributed by atoms with E-state index in [2.05, 4.69) is 20.6 Å². The largest absolute Gasteiger partial charge is 0.396 e. The Morgan fingerprint density at radius 3 is 2.62 bits per heavy atom. The van der Waals surface area contributed by atoms with E-state index in [9.17, 15) is 0 Å². The average Bonchev–Trinajstić information content (AvgIpc) is 2.49. The maximum Gasteiger partial charge on any atom is 0.158 e. The van der Waals surface area contributed by atoms with Crippen LogP contribution in [0.25, 0.3) is 0 Å². The van der Waals surface area contributed by atoms with Gasteiger partial charge in [0.15, 0.2) is 5.82 Å². The quantitative estimate of drug-likeness (QED) is 0.509. The van der Waals surface area contributed by atoms with Crippen molar-refractivity contribution in [2.75, 3.05) is 48.4 Å². The summed E-state index contributed by atoms with van der Waals surface area (Å²) in [5.41, 5.74) is 0. The molecular weight excluding hydrogens is 288 g/mol. The molecule has 0 aliphatic heterocycles. The van der Waals surface area contributed by atoms with E-state index in [1.807, 2.05) is 31.7 Å². The minimum atomic E-state index is 0.263. The predicted molar refractivity (Wildman–Crippen MR) is 89.0 cm³/mol. The number of aliphatic hydroxyl groups is 1. The standard InChI is InChI=1S/C14H26N4O2S/c1-3-15-12-10-13(16-6-9-21-8-5-7-19)18-14(17-12)11-20-4-2/h10,19H,3-9,11H2,1-2H3,(H2,15,16,17,18). The molecule has 21 heavy (non-hydrogen) atoms. The van der Waals surface area contributed by atoms with Crippen molar-refractivity contribution in [3.63, 3.8) is 0 Å². The first-order valence-corrected chi connectivity index (χ1v) is 8.57. The van der Waals surface area contributed by atoms with E-state index in [0.29, 0.717) is 19.0 Å². The van der Waals surface area contributed by atoms with Crippen LogP contribution < -0.4 is 10.6 Å². The van der Waals surface area contributed by atoms with Crippen molar-refractivity contribution < 1.29 is 9.84 Å². The molecule has 0 aliphatic carbocycles. The summed E-state index contributed by atoms with van der Waals surface area (Å²) in [7, 11) is 0. The Labute approximate surface area is 131 Å². The van der Waals surface area contributed by atoms with Crippen LogP contribution in [0.5, 0.6) is 0 Å². The van der Waals surface area contributed by atoms with Gasteiger partial charge in [-0.25, -0.2) is 9.97 Å². The first-order chi connectivity index (χ1) is 10.3. The van der Waals surface area contributed by atoms with Crippen molar-refractivity contribution in [1.29, 1.82) is 0 Å². The number of aliphatic hydroxyl groups excluding tert-OH is 1. The summed E-state index contributed by atoms with van der Waals surface area (Å²) in [6.45, 7) is 6.99. The zero-order valence-corrected chi connectivity index (χ0v) is 13.7. The van der Waals surface area contributed by atoms with E-state index in [4.69, 9.17) is 9.84 Å². The molecule has 0 radical (unpaired) electrons. The van der Waals surface area contributed by atoms with Gasteiger partial charge in [-0.2, -0.15) is 11.8 Å². The Bertz CT molecular complexity index is 393. The van der Waals surface area contributed by atoms with E-state index < -0.39 is 0 Å². The van der Waals surface area contributed by atoms with Crippen molar-refractivity contribution in [2.24, 2.45) is 0 Å². The van der Waals surface area contributed by atoms with E-state index in [0.717, 1.165) is 42.7 Å². The lowest BCUT2D eigenvalue weighted by Gasteiger charge is -2.10. The molecule has 0 spiro atoms. The Morgan fingerprint density at radius 2 is 1.95 bits per heavy atom. The van der Waals surface area contributed by atoms with Crippen LogP contribution in [0.15, 0.2) is 6.07 Å². The van der Waals surface area contributed by atoms with Crippen molar-refractivity contribution in [1.82, 2.24) is 9.97 Å². The molecule has 1 aromatic rings. The van der Waals surface area contributed by atoms with Gasteiger partial charge in [0.2, 0.25) is 0 Å². The fourth-order valence-electron chi connectivity index (χ4n) is 1.64. The van der Waals surface area contributed by atoms with Gasteiger partial charge in [0, 0.05) is 38.1 Å². The minimum absolute atomic E-state index is 0.263. The molecule has 120 valence electrons. The SMILES string of the molecule is CCNc1cc(NCCSCCCO)nc(COCC)n1. The monoisotopic (exact) mass is 314 g/mol. The molecule has 1 aromatic heterocycles. The third-order valence-electron chi connectivity index (χ3n) is 2.56. The molecule has 0 fully saturated rings. The summed E-state index contributed by atoms with van der Waals surface area (Å²) in [6.07, 6.45) is 0.848. The minimum Gasteiger partial charge on any atom is -0.396 e. The van der Waals surface area contributed by atoms with Crippen LogP contribution in [0.2, 0.25) is 0 Å². The summed E-state index contributed by atoms with van der Waals surface area (Å²) in [4.78, 5) is 8.86. The summed E-state index contributed by atoms with van der Waals surface area (Å²) >= 11 is 1.82. The number of aromatic nitrogens is 2. The van der Waals surface area contributed by atoms with E-state index in [1.54, 1.807) is 0 Å². The number of ether oxygens (including phenoxy) is 1. The van der Waals surface area contributed by atoms with Crippen LogP contribution >= 0.6 is 11.8 Å². The lowest BCUT2D eigenvalue weighted by Crippen LogP contribution is -2.11. The van der Waals surface area contributed by atoms with Crippen LogP contribution in [0.3, 0.4) is 0 Å². The highest BCUT2D eigenvalue weighted by Crippen LogP contribution is 2.12. The van der Waals surface area contributed by atoms with Crippen molar-refractivity contribution in [3.05, 3.63) is 11.9 Å². The molecule has 0 unspecified atom stereocenters. The summed E-state index contributed by atoms with van der Waals surface area (Å²) < 4.78 is 5.37. The van der Waals surface area contributed by atoms with Gasteiger partial charge in [0.1, 0.15) is 18.2 Å².